The van der Waals surface area contributed by atoms with Crippen LogP contribution in [0.3, 0.4) is 0 Å². The number of ether oxygens (including phenoxy) is 1. The summed E-state index contributed by atoms with van der Waals surface area (Å²) in [5.41, 5.74) is 0.696. The Morgan fingerprint density at radius 2 is 2.32 bits per heavy atom. The van der Waals surface area contributed by atoms with Gasteiger partial charge in [-0.05, 0) is 37.6 Å². The van der Waals surface area contributed by atoms with Crippen molar-refractivity contribution in [3.8, 4) is 0 Å². The molecule has 1 N–H and O–H groups in total. The van der Waals surface area contributed by atoms with Crippen LogP contribution in [0.25, 0.3) is 6.08 Å². The van der Waals surface area contributed by atoms with E-state index in [0.29, 0.717) is 13.2 Å². The largest absolute Gasteiger partial charge is 0.478 e. The Bertz CT molecular complexity index is 480. The summed E-state index contributed by atoms with van der Waals surface area (Å²) >= 11 is 0. The predicted octanol–water partition coefficient (Wildman–Crippen LogP) is 1.79. The second-order valence-corrected chi connectivity index (χ2v) is 5.14. The lowest BCUT2D eigenvalue weighted by atomic mass is 10.0. The number of aliphatic carboxylic acids is 1. The van der Waals surface area contributed by atoms with E-state index in [0.717, 1.165) is 24.0 Å². The molecule has 1 aliphatic rings. The number of nitrogens with zero attached hydrogens (tertiary/aromatic N) is 2. The van der Waals surface area contributed by atoms with Crippen molar-refractivity contribution >= 4 is 17.9 Å². The zero-order valence-electron chi connectivity index (χ0n) is 11.2. The molecule has 1 saturated heterocycles. The summed E-state index contributed by atoms with van der Waals surface area (Å²) in [5, 5.41) is 8.57. The minimum absolute atomic E-state index is 0.0797. The van der Waals surface area contributed by atoms with Gasteiger partial charge >= 0.3 is 5.97 Å². The monoisotopic (exact) mass is 262 g/mol. The van der Waals surface area contributed by atoms with Crippen molar-refractivity contribution in [2.24, 2.45) is 0 Å². The van der Waals surface area contributed by atoms with Crippen LogP contribution in [0.2, 0.25) is 0 Å². The third kappa shape index (κ3) is 3.32. The van der Waals surface area contributed by atoms with Crippen molar-refractivity contribution in [2.75, 3.05) is 24.7 Å². The minimum Gasteiger partial charge on any atom is -0.478 e. The maximum absolute atomic E-state index is 10.4. The molecule has 1 aromatic rings. The first kappa shape index (κ1) is 13.5. The van der Waals surface area contributed by atoms with Crippen molar-refractivity contribution in [2.45, 2.75) is 19.4 Å². The number of aromatic nitrogens is 1. The number of pyridine rings is 1. The first-order valence-electron chi connectivity index (χ1n) is 6.21. The summed E-state index contributed by atoms with van der Waals surface area (Å²) in [4.78, 5) is 17.1. The van der Waals surface area contributed by atoms with Gasteiger partial charge in [-0.2, -0.15) is 0 Å². The standard InChI is InChI=1S/C14H18N2O3/c1-14(2)10-19-8-7-16(14)12-5-3-11(9-15-12)4-6-13(17)18/h3-6,9H,7-8,10H2,1-2H3,(H,17,18)/b6-4+. The molecule has 0 aliphatic carbocycles. The molecule has 2 heterocycles. The van der Waals surface area contributed by atoms with Crippen LogP contribution in [0.5, 0.6) is 0 Å². The van der Waals surface area contributed by atoms with E-state index in [9.17, 15) is 4.79 Å². The summed E-state index contributed by atoms with van der Waals surface area (Å²) in [5.74, 6) is -0.0702. The lowest BCUT2D eigenvalue weighted by molar-refractivity contribution is -0.131. The summed E-state index contributed by atoms with van der Waals surface area (Å²) in [6, 6.07) is 3.78. The highest BCUT2D eigenvalue weighted by Crippen LogP contribution is 2.25. The predicted molar refractivity (Wildman–Crippen MR) is 73.2 cm³/mol. The van der Waals surface area contributed by atoms with E-state index in [1.807, 2.05) is 12.1 Å². The van der Waals surface area contributed by atoms with Crippen LogP contribution in [0.1, 0.15) is 19.4 Å². The number of carboxylic acid groups (broad SMARTS) is 1. The number of carboxylic acids is 1. The van der Waals surface area contributed by atoms with Crippen LogP contribution in [-0.4, -0.2) is 41.4 Å². The van der Waals surface area contributed by atoms with Crippen molar-refractivity contribution in [1.82, 2.24) is 4.98 Å². The Labute approximate surface area is 112 Å². The normalized spacial score (nSPS) is 18.7. The zero-order valence-corrected chi connectivity index (χ0v) is 11.2. The molecular weight excluding hydrogens is 244 g/mol. The molecule has 0 unspecified atom stereocenters. The Morgan fingerprint density at radius 1 is 1.53 bits per heavy atom. The van der Waals surface area contributed by atoms with Crippen LogP contribution in [-0.2, 0) is 9.53 Å². The highest BCUT2D eigenvalue weighted by Gasteiger charge is 2.31. The van der Waals surface area contributed by atoms with E-state index >= 15 is 0 Å². The molecular formula is C14H18N2O3. The van der Waals surface area contributed by atoms with Crippen molar-refractivity contribution < 1.29 is 14.6 Å². The van der Waals surface area contributed by atoms with E-state index in [2.05, 4.69) is 23.7 Å². The molecule has 0 saturated carbocycles. The first-order valence-corrected chi connectivity index (χ1v) is 6.21. The fraction of sp³-hybridized carbons (Fsp3) is 0.429. The third-order valence-corrected chi connectivity index (χ3v) is 3.11. The van der Waals surface area contributed by atoms with E-state index in [-0.39, 0.29) is 5.54 Å². The number of carbonyl (C=O) groups is 1. The lowest BCUT2D eigenvalue weighted by Crippen LogP contribution is -2.53. The Kier molecular flexibility index (Phi) is 3.85. The molecule has 0 spiro atoms. The van der Waals surface area contributed by atoms with Gasteiger partial charge in [-0.1, -0.05) is 0 Å². The second-order valence-electron chi connectivity index (χ2n) is 5.14. The van der Waals surface area contributed by atoms with Gasteiger partial charge in [-0.25, -0.2) is 9.78 Å². The summed E-state index contributed by atoms with van der Waals surface area (Å²) in [7, 11) is 0. The minimum atomic E-state index is -0.960. The molecule has 1 aromatic heterocycles. The average molecular weight is 262 g/mol. The van der Waals surface area contributed by atoms with Gasteiger partial charge in [-0.3, -0.25) is 0 Å². The molecule has 0 amide bonds. The van der Waals surface area contributed by atoms with Gasteiger partial charge in [-0.15, -0.1) is 0 Å². The number of morpholine rings is 1. The van der Waals surface area contributed by atoms with E-state index < -0.39 is 5.97 Å². The quantitative estimate of drug-likeness (QED) is 0.841. The number of hydrogen-bond donors (Lipinski definition) is 1. The average Bonchev–Trinajstić information content (AvgIpc) is 2.37. The summed E-state index contributed by atoms with van der Waals surface area (Å²) in [6.07, 6.45) is 4.32. The van der Waals surface area contributed by atoms with Crippen LogP contribution in [0, 0.1) is 0 Å². The smallest absolute Gasteiger partial charge is 0.328 e. The van der Waals surface area contributed by atoms with Crippen LogP contribution >= 0.6 is 0 Å². The number of hydrogen-bond acceptors (Lipinski definition) is 4. The Balaban J connectivity index is 2.15. The van der Waals surface area contributed by atoms with E-state index in [4.69, 9.17) is 9.84 Å². The maximum Gasteiger partial charge on any atom is 0.328 e. The van der Waals surface area contributed by atoms with E-state index in [1.165, 1.54) is 6.08 Å². The molecule has 2 rings (SSSR count). The fourth-order valence-corrected chi connectivity index (χ4v) is 2.11. The molecule has 0 atom stereocenters. The zero-order chi connectivity index (χ0) is 13.9. The van der Waals surface area contributed by atoms with Crippen molar-refractivity contribution in [3.63, 3.8) is 0 Å². The van der Waals surface area contributed by atoms with Crippen molar-refractivity contribution in [1.29, 1.82) is 0 Å². The summed E-state index contributed by atoms with van der Waals surface area (Å²) in [6.45, 7) is 6.42. The molecule has 102 valence electrons. The van der Waals surface area contributed by atoms with Crippen LogP contribution in [0.4, 0.5) is 5.82 Å². The molecule has 1 fully saturated rings. The Hall–Kier alpha value is -1.88. The molecule has 5 nitrogen and oxygen atoms in total. The van der Waals surface area contributed by atoms with Gasteiger partial charge in [0.1, 0.15) is 5.82 Å². The molecule has 5 heteroatoms. The molecule has 1 aliphatic heterocycles. The topological polar surface area (TPSA) is 62.7 Å². The van der Waals surface area contributed by atoms with Gasteiger partial charge in [0.05, 0.1) is 18.8 Å². The molecule has 0 aromatic carbocycles. The van der Waals surface area contributed by atoms with Gasteiger partial charge in [0, 0.05) is 18.8 Å². The second kappa shape index (κ2) is 5.40. The Morgan fingerprint density at radius 3 is 2.89 bits per heavy atom. The van der Waals surface area contributed by atoms with Gasteiger partial charge in [0.15, 0.2) is 0 Å². The SMILES string of the molecule is CC1(C)COCCN1c1ccc(/C=C/C(=O)O)cn1. The van der Waals surface area contributed by atoms with Crippen LogP contribution < -0.4 is 4.90 Å². The number of rotatable bonds is 3. The first-order chi connectivity index (χ1) is 8.99. The number of anilines is 1. The lowest BCUT2D eigenvalue weighted by Gasteiger charge is -2.42. The molecule has 0 bridgehead atoms. The van der Waals surface area contributed by atoms with Crippen molar-refractivity contribution in [3.05, 3.63) is 30.0 Å². The third-order valence-electron chi connectivity index (χ3n) is 3.11. The van der Waals surface area contributed by atoms with Gasteiger partial charge < -0.3 is 14.7 Å². The fourth-order valence-electron chi connectivity index (χ4n) is 2.11. The highest BCUT2D eigenvalue weighted by molar-refractivity contribution is 5.85. The highest BCUT2D eigenvalue weighted by atomic mass is 16.5. The van der Waals surface area contributed by atoms with Gasteiger partial charge in [0.25, 0.3) is 0 Å². The molecule has 0 radical (unpaired) electrons. The van der Waals surface area contributed by atoms with E-state index in [1.54, 1.807) is 6.20 Å². The molecule has 19 heavy (non-hydrogen) atoms. The summed E-state index contributed by atoms with van der Waals surface area (Å²) < 4.78 is 5.48. The van der Waals surface area contributed by atoms with Gasteiger partial charge in [0.2, 0.25) is 0 Å². The van der Waals surface area contributed by atoms with Crippen LogP contribution in [0.15, 0.2) is 24.4 Å². The maximum atomic E-state index is 10.4.